The Labute approximate surface area is 72.5 Å². The molecule has 1 fully saturated rings. The molecule has 0 radical (unpaired) electrons. The summed E-state index contributed by atoms with van der Waals surface area (Å²) in [5.74, 6) is 0. The maximum Gasteiger partial charge on any atom is 0.202 e. The lowest BCUT2D eigenvalue weighted by Crippen LogP contribution is -2.62. The first-order valence-corrected chi connectivity index (χ1v) is 4.08. The molecule has 0 aromatic rings. The minimum Gasteiger partial charge on any atom is -0.632 e. The van der Waals surface area contributed by atoms with Gasteiger partial charge in [-0.1, -0.05) is 0 Å². The van der Waals surface area contributed by atoms with Crippen molar-refractivity contribution in [1.82, 2.24) is 0 Å². The fourth-order valence-electron chi connectivity index (χ4n) is 1.44. The van der Waals surface area contributed by atoms with Crippen LogP contribution in [0, 0.1) is 16.5 Å². The van der Waals surface area contributed by atoms with Gasteiger partial charge in [-0.3, -0.25) is 0 Å². The second kappa shape index (κ2) is 3.02. The average molecular weight is 170 g/mol. The van der Waals surface area contributed by atoms with Gasteiger partial charge in [-0.05, 0) is 13.8 Å². The van der Waals surface area contributed by atoms with E-state index in [0.29, 0.717) is 6.61 Å². The minimum absolute atomic E-state index is 0.147. The molecule has 4 unspecified atom stereocenters. The standard InChI is InChI=1S/C8H14N2O2/c1-6-5-12-7(2)8(4-9)10(6,3)11/h6-8H,5H2,1-3H3. The number of nitriles is 1. The van der Waals surface area contributed by atoms with Gasteiger partial charge in [0, 0.05) is 0 Å². The molecule has 1 aliphatic rings. The molecule has 1 saturated heterocycles. The van der Waals surface area contributed by atoms with Crippen LogP contribution in [0.25, 0.3) is 0 Å². The molecule has 0 aromatic carbocycles. The Hall–Kier alpha value is -0.630. The van der Waals surface area contributed by atoms with Gasteiger partial charge in [-0.25, -0.2) is 0 Å². The lowest BCUT2D eigenvalue weighted by atomic mass is 10.1. The third-order valence-electron chi connectivity index (χ3n) is 2.60. The van der Waals surface area contributed by atoms with E-state index in [4.69, 9.17) is 10.00 Å². The van der Waals surface area contributed by atoms with Crippen molar-refractivity contribution >= 4 is 0 Å². The van der Waals surface area contributed by atoms with Crippen LogP contribution in [0.5, 0.6) is 0 Å². The van der Waals surface area contributed by atoms with Crippen molar-refractivity contribution in [2.24, 2.45) is 0 Å². The summed E-state index contributed by atoms with van der Waals surface area (Å²) >= 11 is 0. The quantitative estimate of drug-likeness (QED) is 0.396. The van der Waals surface area contributed by atoms with E-state index in [2.05, 4.69) is 0 Å². The van der Waals surface area contributed by atoms with Gasteiger partial charge in [0.05, 0.1) is 13.7 Å². The summed E-state index contributed by atoms with van der Waals surface area (Å²) < 4.78 is 4.79. The van der Waals surface area contributed by atoms with Crippen LogP contribution >= 0.6 is 0 Å². The lowest BCUT2D eigenvalue weighted by molar-refractivity contribution is -0.913. The summed E-state index contributed by atoms with van der Waals surface area (Å²) in [5, 5.41) is 20.6. The zero-order valence-electron chi connectivity index (χ0n) is 7.65. The Morgan fingerprint density at radius 2 is 2.17 bits per heavy atom. The van der Waals surface area contributed by atoms with Crippen LogP contribution in [-0.2, 0) is 4.74 Å². The van der Waals surface area contributed by atoms with Gasteiger partial charge in [0.25, 0.3) is 0 Å². The van der Waals surface area contributed by atoms with Crippen molar-refractivity contribution in [2.45, 2.75) is 32.0 Å². The molecule has 1 aliphatic heterocycles. The molecule has 68 valence electrons. The Balaban J connectivity index is 2.85. The monoisotopic (exact) mass is 170 g/mol. The highest BCUT2D eigenvalue weighted by Gasteiger charge is 2.39. The van der Waals surface area contributed by atoms with Crippen LogP contribution in [-0.4, -0.2) is 36.5 Å². The number of hydrogen-bond acceptors (Lipinski definition) is 3. The maximum absolute atomic E-state index is 11.9. The molecule has 0 aromatic heterocycles. The molecule has 0 amide bonds. The topological polar surface area (TPSA) is 56.1 Å². The van der Waals surface area contributed by atoms with Gasteiger partial charge in [-0.2, -0.15) is 5.26 Å². The molecular weight excluding hydrogens is 156 g/mol. The van der Waals surface area contributed by atoms with E-state index in [9.17, 15) is 5.21 Å². The maximum atomic E-state index is 11.9. The van der Waals surface area contributed by atoms with Crippen LogP contribution in [0.4, 0.5) is 0 Å². The normalized spacial score (nSPS) is 48.4. The van der Waals surface area contributed by atoms with Gasteiger partial charge in [0.1, 0.15) is 18.2 Å². The average Bonchev–Trinajstić information content (AvgIpc) is 1.98. The van der Waals surface area contributed by atoms with Gasteiger partial charge in [-0.15, -0.1) is 0 Å². The highest BCUT2D eigenvalue weighted by molar-refractivity contribution is 4.92. The highest BCUT2D eigenvalue weighted by atomic mass is 16.6. The number of hydroxylamine groups is 3. The summed E-state index contributed by atoms with van der Waals surface area (Å²) in [6.45, 7) is 4.02. The van der Waals surface area contributed by atoms with Gasteiger partial charge >= 0.3 is 0 Å². The Morgan fingerprint density at radius 1 is 1.58 bits per heavy atom. The van der Waals surface area contributed by atoms with E-state index in [-0.39, 0.29) is 12.1 Å². The number of quaternary nitrogens is 1. The van der Waals surface area contributed by atoms with Crippen molar-refractivity contribution in [1.29, 1.82) is 5.26 Å². The Kier molecular flexibility index (Phi) is 2.38. The molecule has 0 saturated carbocycles. The molecule has 0 aliphatic carbocycles. The fourth-order valence-corrected chi connectivity index (χ4v) is 1.44. The van der Waals surface area contributed by atoms with Crippen molar-refractivity contribution in [2.75, 3.05) is 13.7 Å². The molecule has 0 spiro atoms. The summed E-state index contributed by atoms with van der Waals surface area (Å²) in [6, 6.07) is 1.27. The first kappa shape index (κ1) is 9.46. The largest absolute Gasteiger partial charge is 0.632 e. The molecule has 0 N–H and O–H groups in total. The van der Waals surface area contributed by atoms with Crippen LogP contribution in [0.15, 0.2) is 0 Å². The predicted octanol–water partition coefficient (Wildman–Crippen LogP) is 0.630. The zero-order valence-corrected chi connectivity index (χ0v) is 7.65. The molecule has 4 heteroatoms. The van der Waals surface area contributed by atoms with E-state index in [0.717, 1.165) is 0 Å². The summed E-state index contributed by atoms with van der Waals surface area (Å²) in [4.78, 5) is 0. The number of likely N-dealkylation sites (N-methyl/N-ethyl adjacent to an activating group) is 1. The van der Waals surface area contributed by atoms with Crippen molar-refractivity contribution in [3.05, 3.63) is 5.21 Å². The molecule has 4 nitrogen and oxygen atoms in total. The molecule has 1 rings (SSSR count). The van der Waals surface area contributed by atoms with E-state index < -0.39 is 10.7 Å². The molecule has 4 atom stereocenters. The van der Waals surface area contributed by atoms with E-state index in [1.807, 2.05) is 13.0 Å². The number of nitrogens with zero attached hydrogens (tertiary/aromatic N) is 2. The predicted molar refractivity (Wildman–Crippen MR) is 43.8 cm³/mol. The van der Waals surface area contributed by atoms with E-state index >= 15 is 0 Å². The van der Waals surface area contributed by atoms with E-state index in [1.54, 1.807) is 6.92 Å². The Bertz CT molecular complexity index is 210. The van der Waals surface area contributed by atoms with Crippen LogP contribution in [0.2, 0.25) is 0 Å². The second-order valence-corrected chi connectivity index (χ2v) is 3.52. The fraction of sp³-hybridized carbons (Fsp3) is 0.875. The molecular formula is C8H14N2O2. The van der Waals surface area contributed by atoms with Crippen molar-refractivity contribution in [3.63, 3.8) is 0 Å². The van der Waals surface area contributed by atoms with E-state index in [1.165, 1.54) is 7.05 Å². The van der Waals surface area contributed by atoms with Crippen molar-refractivity contribution < 1.29 is 9.38 Å². The highest BCUT2D eigenvalue weighted by Crippen LogP contribution is 2.23. The van der Waals surface area contributed by atoms with Crippen LogP contribution < -0.4 is 0 Å². The first-order chi connectivity index (χ1) is 5.50. The van der Waals surface area contributed by atoms with Gasteiger partial charge in [0.2, 0.25) is 6.04 Å². The minimum atomic E-state index is -0.589. The van der Waals surface area contributed by atoms with Gasteiger partial charge < -0.3 is 14.6 Å². The summed E-state index contributed by atoms with van der Waals surface area (Å²) in [7, 11) is 1.54. The number of hydrogen-bond donors (Lipinski definition) is 0. The lowest BCUT2D eigenvalue weighted by Gasteiger charge is -2.51. The third kappa shape index (κ3) is 1.31. The van der Waals surface area contributed by atoms with Gasteiger partial charge in [0.15, 0.2) is 0 Å². The number of rotatable bonds is 0. The molecule has 0 bridgehead atoms. The smallest absolute Gasteiger partial charge is 0.202 e. The summed E-state index contributed by atoms with van der Waals surface area (Å²) in [6.07, 6.45) is -0.256. The third-order valence-corrected chi connectivity index (χ3v) is 2.60. The number of ether oxygens (including phenoxy) is 1. The van der Waals surface area contributed by atoms with Crippen molar-refractivity contribution in [3.8, 4) is 6.07 Å². The molecule has 1 heterocycles. The van der Waals surface area contributed by atoms with Crippen LogP contribution in [0.3, 0.4) is 0 Å². The summed E-state index contributed by atoms with van der Waals surface area (Å²) in [5.41, 5.74) is 0. The number of morpholine rings is 1. The first-order valence-electron chi connectivity index (χ1n) is 4.08. The molecule has 12 heavy (non-hydrogen) atoms. The van der Waals surface area contributed by atoms with Crippen LogP contribution in [0.1, 0.15) is 13.8 Å². The SMILES string of the molecule is CC1OCC(C)[N+](C)([O-])C1C#N. The zero-order chi connectivity index (χ0) is 9.35. The second-order valence-electron chi connectivity index (χ2n) is 3.52. The Morgan fingerprint density at radius 3 is 2.58 bits per heavy atom.